The van der Waals surface area contributed by atoms with Crippen molar-refractivity contribution in [2.24, 2.45) is 5.92 Å². The zero-order valence-corrected chi connectivity index (χ0v) is 47.6. The first kappa shape index (κ1) is 48.3. The van der Waals surface area contributed by atoms with Gasteiger partial charge in [-0.2, -0.15) is 12.1 Å². The normalized spacial score (nSPS) is 13.4. The van der Waals surface area contributed by atoms with Crippen LogP contribution in [0, 0.1) is 24.7 Å². The first-order valence-corrected chi connectivity index (χ1v) is 26.4. The van der Waals surface area contributed by atoms with Gasteiger partial charge in [0, 0.05) is 52.7 Å². The molecule has 4 heterocycles. The quantitative estimate of drug-likeness (QED) is 0.149. The molecule has 0 bridgehead atoms. The van der Waals surface area contributed by atoms with E-state index in [0.717, 1.165) is 99.0 Å². The first-order chi connectivity index (χ1) is 36.6. The Morgan fingerprint density at radius 1 is 0.553 bits per heavy atom. The average Bonchev–Trinajstić information content (AvgIpc) is 4.09. The van der Waals surface area contributed by atoms with Gasteiger partial charge in [0.25, 0.3) is 0 Å². The van der Waals surface area contributed by atoms with E-state index in [4.69, 9.17) is 9.72 Å². The molecule has 384 valence electrons. The number of pyridine rings is 1. The minimum Gasteiger partial charge on any atom is -0.509 e. The van der Waals surface area contributed by atoms with Gasteiger partial charge in [-0.05, 0) is 142 Å². The molecule has 0 amide bonds. The van der Waals surface area contributed by atoms with Gasteiger partial charge in [0.05, 0.1) is 0 Å². The van der Waals surface area contributed by atoms with E-state index in [2.05, 4.69) is 241 Å². The van der Waals surface area contributed by atoms with Crippen molar-refractivity contribution in [1.29, 1.82) is 0 Å². The van der Waals surface area contributed by atoms with Crippen LogP contribution in [0.1, 0.15) is 101 Å². The standard InChI is InChI=1S/C70H65N4O.Pt/c1-44(2)35-45-36-46(38-49(37-45)70(9,10)11)53-24-17-25-60-61-39-47(68(3,4)5)29-31-56(61)54-21-12-13-22-55(54)59-26-18-28-63-67(59)73(66(53)60)43-72(63)50-19-16-20-51(41-50)75-52-30-32-58-57-23-14-15-27-62(57)74(64(58)42-52)65-40-48(33-34-71-65)69(6,7)8;/h12-34,36-40,43-44H,35H2,1-11H3;/q-3;/i35D2;. The summed E-state index contributed by atoms with van der Waals surface area (Å²) in [5.41, 5.74) is 11.6. The molecule has 76 heavy (non-hydrogen) atoms. The monoisotopic (exact) mass is 1170 g/mol. The van der Waals surface area contributed by atoms with Crippen LogP contribution in [0.15, 0.2) is 170 Å². The fourth-order valence-corrected chi connectivity index (χ4v) is 11.0. The Morgan fingerprint density at radius 2 is 1.17 bits per heavy atom. The van der Waals surface area contributed by atoms with Crippen LogP contribution in [0.5, 0.6) is 11.5 Å². The summed E-state index contributed by atoms with van der Waals surface area (Å²) in [6.07, 6.45) is 0.332. The van der Waals surface area contributed by atoms with E-state index >= 15 is 0 Å². The van der Waals surface area contributed by atoms with Crippen LogP contribution in [0.4, 0.5) is 11.4 Å². The minimum atomic E-state index is -1.57. The van der Waals surface area contributed by atoms with Gasteiger partial charge >= 0.3 is 0 Å². The number of fused-ring (bicyclic) bond motifs is 10. The van der Waals surface area contributed by atoms with Crippen LogP contribution in [0.2, 0.25) is 0 Å². The van der Waals surface area contributed by atoms with Crippen molar-refractivity contribution in [3.05, 3.63) is 211 Å². The van der Waals surface area contributed by atoms with Gasteiger partial charge in [0.1, 0.15) is 5.82 Å². The largest absolute Gasteiger partial charge is 0.509 e. The molecule has 0 aliphatic carbocycles. The summed E-state index contributed by atoms with van der Waals surface area (Å²) in [5.74, 6) is 1.72. The Morgan fingerprint density at radius 3 is 1.91 bits per heavy atom. The van der Waals surface area contributed by atoms with Gasteiger partial charge in [-0.3, -0.25) is 0 Å². The van der Waals surface area contributed by atoms with Gasteiger partial charge < -0.3 is 18.8 Å². The van der Waals surface area contributed by atoms with Gasteiger partial charge in [0.2, 0.25) is 0 Å². The van der Waals surface area contributed by atoms with Crippen LogP contribution < -0.4 is 9.64 Å². The van der Waals surface area contributed by atoms with Crippen molar-refractivity contribution in [3.63, 3.8) is 0 Å². The third-order valence-electron chi connectivity index (χ3n) is 14.9. The first-order valence-electron chi connectivity index (χ1n) is 27.4. The number of anilines is 2. The summed E-state index contributed by atoms with van der Waals surface area (Å²) < 4.78 is 30.3. The van der Waals surface area contributed by atoms with Crippen molar-refractivity contribution < 1.29 is 28.5 Å². The second kappa shape index (κ2) is 19.0. The smallest absolute Gasteiger partial charge is 0.135 e. The molecule has 1 aliphatic rings. The van der Waals surface area contributed by atoms with E-state index in [1.807, 2.05) is 38.2 Å². The Balaban J connectivity index is 0.00000645. The fourth-order valence-electron chi connectivity index (χ4n) is 11.0. The number of ether oxygens (including phenoxy) is 1. The molecule has 6 heteroatoms. The fraction of sp³-hybridized carbons (Fsp3) is 0.229. The Kier molecular flexibility index (Phi) is 12.1. The van der Waals surface area contributed by atoms with Crippen LogP contribution in [0.3, 0.4) is 0 Å². The molecule has 0 saturated heterocycles. The molecule has 0 fully saturated rings. The summed E-state index contributed by atoms with van der Waals surface area (Å²) in [5, 5.41) is 8.96. The van der Waals surface area contributed by atoms with E-state index in [0.29, 0.717) is 17.1 Å². The number of hydrogen-bond acceptors (Lipinski definition) is 3. The second-order valence-corrected chi connectivity index (χ2v) is 23.7. The number of benzene rings is 8. The molecule has 0 saturated carbocycles. The number of hydrogen-bond donors (Lipinski definition) is 0. The molecule has 0 spiro atoms. The maximum Gasteiger partial charge on any atom is 0.135 e. The second-order valence-electron chi connectivity index (χ2n) is 23.7. The third kappa shape index (κ3) is 9.01. The number of nitrogens with zero attached hydrogens (tertiary/aromatic N) is 4. The predicted octanol–water partition coefficient (Wildman–Crippen LogP) is 19.0. The molecular formula is C70H65N4OPt-3. The van der Waals surface area contributed by atoms with Crippen molar-refractivity contribution in [1.82, 2.24) is 14.1 Å². The minimum absolute atomic E-state index is 0. The van der Waals surface area contributed by atoms with Crippen LogP contribution in [-0.2, 0) is 43.7 Å². The summed E-state index contributed by atoms with van der Waals surface area (Å²) in [4.78, 5) is 7.13. The molecule has 0 radical (unpaired) electrons. The van der Waals surface area contributed by atoms with Crippen molar-refractivity contribution in [2.45, 2.75) is 98.8 Å². The van der Waals surface area contributed by atoms with Gasteiger partial charge in [-0.25, -0.2) is 4.98 Å². The van der Waals surface area contributed by atoms with E-state index < -0.39 is 6.37 Å². The molecule has 0 unspecified atom stereocenters. The van der Waals surface area contributed by atoms with Gasteiger partial charge in [-0.15, -0.1) is 35.7 Å². The zero-order valence-electron chi connectivity index (χ0n) is 47.3. The molecule has 11 aromatic rings. The Bertz CT molecular complexity index is 4260. The van der Waals surface area contributed by atoms with E-state index in [9.17, 15) is 2.74 Å². The summed E-state index contributed by atoms with van der Waals surface area (Å²) in [6, 6.07) is 65.8. The topological polar surface area (TPSA) is 35.2 Å². The van der Waals surface area contributed by atoms with E-state index in [1.165, 1.54) is 11.1 Å². The Labute approximate surface area is 465 Å². The van der Waals surface area contributed by atoms with Gasteiger partial charge in [0.15, 0.2) is 0 Å². The summed E-state index contributed by atoms with van der Waals surface area (Å²) in [6.45, 7) is 26.3. The van der Waals surface area contributed by atoms with Gasteiger partial charge in [-0.1, -0.05) is 197 Å². The Hall–Kier alpha value is -7.33. The molecule has 1 aliphatic heterocycles. The average molecular weight is 1180 g/mol. The zero-order chi connectivity index (χ0) is 53.9. The molecule has 0 atom stereocenters. The van der Waals surface area contributed by atoms with Crippen molar-refractivity contribution >= 4 is 76.5 Å². The predicted molar refractivity (Wildman–Crippen MR) is 317 cm³/mol. The van der Waals surface area contributed by atoms with E-state index in [-0.39, 0.29) is 43.2 Å². The molecule has 12 rings (SSSR count). The third-order valence-corrected chi connectivity index (χ3v) is 14.9. The number of rotatable bonds is 7. The maximum absolute atomic E-state index is 9.46. The SMILES string of the molecule is [2H]C([2H])(c1cc(-c2cccc3c4cc(C(C)(C)C)ccc4c4ccccc4c4cccc5c4n(c23)[CH-]N5c2[c-]c(Oc3[c-]c4c(cc3)c3ccccc3n4-c3cc(C(C)(C)C)ccn3)ccc2)cc(C(C)(C)C)c1)C(C)C.[Pt]. The number of para-hydroxylation sites is 3. The van der Waals surface area contributed by atoms with Crippen molar-refractivity contribution in [2.75, 3.05) is 4.90 Å². The van der Waals surface area contributed by atoms with Crippen LogP contribution in [-0.4, -0.2) is 14.1 Å². The molecule has 5 nitrogen and oxygen atoms in total. The molecular weight excluding hydrogens is 1110 g/mol. The van der Waals surface area contributed by atoms with E-state index in [1.54, 1.807) is 0 Å². The summed E-state index contributed by atoms with van der Waals surface area (Å²) in [7, 11) is 0. The molecule has 8 aromatic carbocycles. The molecule has 3 aromatic heterocycles. The maximum atomic E-state index is 9.46. The summed E-state index contributed by atoms with van der Waals surface area (Å²) >= 11 is 0. The van der Waals surface area contributed by atoms with Crippen LogP contribution >= 0.6 is 0 Å². The van der Waals surface area contributed by atoms with Crippen LogP contribution in [0.25, 0.3) is 82.1 Å². The number of aromatic nitrogens is 3. The molecule has 0 N–H and O–H groups in total. The van der Waals surface area contributed by atoms with Crippen molar-refractivity contribution in [3.8, 4) is 28.4 Å².